The molecule has 0 saturated carbocycles. The van der Waals surface area contributed by atoms with Crippen LogP contribution < -0.4 is 15.1 Å². The third-order valence-corrected chi connectivity index (χ3v) is 5.54. The number of aryl methyl sites for hydroxylation is 2. The first-order valence-electron chi connectivity index (χ1n) is 10.1. The van der Waals surface area contributed by atoms with Crippen LogP contribution in [0.5, 0.6) is 0 Å². The van der Waals surface area contributed by atoms with Gasteiger partial charge in [-0.05, 0) is 49.2 Å². The predicted octanol–water partition coefficient (Wildman–Crippen LogP) is 1.35. The topological polar surface area (TPSA) is 57.1 Å². The number of hydrogen-bond acceptors (Lipinski definition) is 3. The first kappa shape index (κ1) is 20.9. The number of carbonyl (C=O) groups excluding carboxylic acids is 2. The Hall–Kier alpha value is -2.86. The highest BCUT2D eigenvalue weighted by atomic mass is 16.2. The van der Waals surface area contributed by atoms with Gasteiger partial charge in [0, 0.05) is 31.0 Å². The van der Waals surface area contributed by atoms with Crippen LogP contribution in [-0.4, -0.2) is 63.5 Å². The summed E-state index contributed by atoms with van der Waals surface area (Å²) in [5, 5.41) is 3.06. The van der Waals surface area contributed by atoms with Gasteiger partial charge < -0.3 is 20.0 Å². The van der Waals surface area contributed by atoms with Crippen molar-refractivity contribution in [1.82, 2.24) is 4.90 Å². The highest BCUT2D eigenvalue weighted by molar-refractivity contribution is 5.95. The van der Waals surface area contributed by atoms with Gasteiger partial charge in [-0.15, -0.1) is 0 Å². The molecule has 0 unspecified atom stereocenters. The molecule has 2 aromatic carbocycles. The first-order valence-corrected chi connectivity index (χ1v) is 10.1. The summed E-state index contributed by atoms with van der Waals surface area (Å²) in [5.74, 6) is 0.0887. The lowest BCUT2D eigenvalue weighted by Crippen LogP contribution is -3.15. The van der Waals surface area contributed by atoms with Gasteiger partial charge in [0.15, 0.2) is 6.54 Å². The number of amides is 2. The summed E-state index contributed by atoms with van der Waals surface area (Å²) in [7, 11) is 3.96. The van der Waals surface area contributed by atoms with Gasteiger partial charge >= 0.3 is 0 Å². The SMILES string of the molecule is Cc1cccc(C)c1NC(=O)C[NH+]1CCN(C(=O)c2ccc(N(C)C)cc2)CC1. The summed E-state index contributed by atoms with van der Waals surface area (Å²) >= 11 is 0. The minimum Gasteiger partial charge on any atom is -0.378 e. The van der Waals surface area contributed by atoms with E-state index in [9.17, 15) is 9.59 Å². The molecule has 1 heterocycles. The van der Waals surface area contributed by atoms with Gasteiger partial charge in [0.25, 0.3) is 11.8 Å². The van der Waals surface area contributed by atoms with Crippen LogP contribution in [0.25, 0.3) is 0 Å². The van der Waals surface area contributed by atoms with E-state index in [-0.39, 0.29) is 11.8 Å². The highest BCUT2D eigenvalue weighted by Gasteiger charge is 2.26. The molecular formula is C23H31N4O2+. The summed E-state index contributed by atoms with van der Waals surface area (Å²) in [6.45, 7) is 7.33. The van der Waals surface area contributed by atoms with Crippen LogP contribution in [0.3, 0.4) is 0 Å². The zero-order valence-electron chi connectivity index (χ0n) is 17.8. The molecule has 2 N–H and O–H groups in total. The highest BCUT2D eigenvalue weighted by Crippen LogP contribution is 2.19. The largest absolute Gasteiger partial charge is 0.378 e. The number of nitrogens with zero attached hydrogens (tertiary/aromatic N) is 2. The summed E-state index contributed by atoms with van der Waals surface area (Å²) in [6.07, 6.45) is 0. The number of benzene rings is 2. The minimum atomic E-state index is 0.0245. The van der Waals surface area contributed by atoms with Crippen molar-refractivity contribution in [3.8, 4) is 0 Å². The lowest BCUT2D eigenvalue weighted by atomic mass is 10.1. The number of para-hydroxylation sites is 1. The van der Waals surface area contributed by atoms with Crippen molar-refractivity contribution in [2.24, 2.45) is 0 Å². The first-order chi connectivity index (χ1) is 13.8. The summed E-state index contributed by atoms with van der Waals surface area (Å²) in [6, 6.07) is 13.7. The van der Waals surface area contributed by atoms with Gasteiger partial charge in [-0.3, -0.25) is 9.59 Å². The molecule has 6 nitrogen and oxygen atoms in total. The van der Waals surface area contributed by atoms with Gasteiger partial charge in [0.2, 0.25) is 0 Å². The van der Waals surface area contributed by atoms with E-state index < -0.39 is 0 Å². The van der Waals surface area contributed by atoms with Crippen LogP contribution >= 0.6 is 0 Å². The predicted molar refractivity (Wildman–Crippen MR) is 117 cm³/mol. The molecular weight excluding hydrogens is 364 g/mol. The monoisotopic (exact) mass is 395 g/mol. The summed E-state index contributed by atoms with van der Waals surface area (Å²) in [5.41, 5.74) is 4.84. The summed E-state index contributed by atoms with van der Waals surface area (Å²) in [4.78, 5) is 30.4. The fourth-order valence-corrected chi connectivity index (χ4v) is 3.71. The number of nitrogens with one attached hydrogen (secondary N) is 2. The maximum atomic E-state index is 12.7. The van der Waals surface area contributed by atoms with Gasteiger partial charge in [-0.25, -0.2) is 0 Å². The number of anilines is 2. The average Bonchev–Trinajstić information content (AvgIpc) is 2.71. The smallest absolute Gasteiger partial charge is 0.279 e. The van der Waals surface area contributed by atoms with Gasteiger partial charge in [0.1, 0.15) is 0 Å². The molecule has 154 valence electrons. The van der Waals surface area contributed by atoms with E-state index in [4.69, 9.17) is 0 Å². The minimum absolute atomic E-state index is 0.0245. The Kier molecular flexibility index (Phi) is 6.54. The van der Waals surface area contributed by atoms with E-state index >= 15 is 0 Å². The van der Waals surface area contributed by atoms with E-state index in [0.717, 1.165) is 35.6 Å². The number of hydrogen-bond donors (Lipinski definition) is 2. The number of quaternary nitrogens is 1. The van der Waals surface area contributed by atoms with Crippen molar-refractivity contribution in [2.45, 2.75) is 13.8 Å². The number of rotatable bonds is 5. The van der Waals surface area contributed by atoms with Gasteiger partial charge in [-0.1, -0.05) is 18.2 Å². The standard InChI is InChI=1S/C23H30N4O2/c1-17-6-5-7-18(2)22(17)24-21(28)16-26-12-14-27(15-13-26)23(29)19-8-10-20(11-9-19)25(3)4/h5-11H,12-16H2,1-4H3,(H,24,28)/p+1. The summed E-state index contributed by atoms with van der Waals surface area (Å²) < 4.78 is 0. The van der Waals surface area contributed by atoms with E-state index in [0.29, 0.717) is 25.2 Å². The number of piperazine rings is 1. The second-order valence-electron chi connectivity index (χ2n) is 7.98. The van der Waals surface area contributed by atoms with Gasteiger partial charge in [-0.2, -0.15) is 0 Å². The zero-order valence-corrected chi connectivity index (χ0v) is 17.8. The fourth-order valence-electron chi connectivity index (χ4n) is 3.71. The second kappa shape index (κ2) is 9.09. The Morgan fingerprint density at radius 1 is 1.00 bits per heavy atom. The van der Waals surface area contributed by atoms with Crippen molar-refractivity contribution < 1.29 is 14.5 Å². The second-order valence-corrected chi connectivity index (χ2v) is 7.98. The van der Waals surface area contributed by atoms with E-state index in [1.807, 2.05) is 80.2 Å². The Balaban J connectivity index is 1.51. The molecule has 1 fully saturated rings. The molecule has 6 heteroatoms. The van der Waals surface area contributed by atoms with Crippen molar-refractivity contribution >= 4 is 23.2 Å². The fraction of sp³-hybridized carbons (Fsp3) is 0.391. The molecule has 0 aromatic heterocycles. The molecule has 0 spiro atoms. The lowest BCUT2D eigenvalue weighted by Gasteiger charge is -2.32. The lowest BCUT2D eigenvalue weighted by molar-refractivity contribution is -0.895. The molecule has 3 rings (SSSR count). The Labute approximate surface area is 173 Å². The van der Waals surface area contributed by atoms with Crippen LogP contribution in [-0.2, 0) is 4.79 Å². The normalized spacial score (nSPS) is 14.6. The third kappa shape index (κ3) is 5.15. The Bertz CT molecular complexity index is 849. The van der Waals surface area contributed by atoms with Crippen LogP contribution in [0, 0.1) is 13.8 Å². The molecule has 1 aliphatic heterocycles. The van der Waals surface area contributed by atoms with Crippen LogP contribution in [0.4, 0.5) is 11.4 Å². The molecule has 29 heavy (non-hydrogen) atoms. The van der Waals surface area contributed by atoms with E-state index in [1.54, 1.807) is 0 Å². The van der Waals surface area contributed by atoms with Crippen molar-refractivity contribution in [1.29, 1.82) is 0 Å². The molecule has 1 saturated heterocycles. The molecule has 0 aliphatic carbocycles. The van der Waals surface area contributed by atoms with Crippen LogP contribution in [0.15, 0.2) is 42.5 Å². The maximum Gasteiger partial charge on any atom is 0.279 e. The van der Waals surface area contributed by atoms with Gasteiger partial charge in [0.05, 0.1) is 26.2 Å². The molecule has 0 bridgehead atoms. The maximum absolute atomic E-state index is 12.7. The molecule has 2 amide bonds. The van der Waals surface area contributed by atoms with E-state index in [2.05, 4.69) is 5.32 Å². The third-order valence-electron chi connectivity index (χ3n) is 5.54. The quantitative estimate of drug-likeness (QED) is 0.804. The zero-order chi connectivity index (χ0) is 21.0. The van der Waals surface area contributed by atoms with Crippen LogP contribution in [0.2, 0.25) is 0 Å². The average molecular weight is 396 g/mol. The molecule has 0 radical (unpaired) electrons. The van der Waals surface area contributed by atoms with Crippen LogP contribution in [0.1, 0.15) is 21.5 Å². The van der Waals surface area contributed by atoms with Crippen molar-refractivity contribution in [3.05, 3.63) is 59.2 Å². The molecule has 1 aliphatic rings. The Morgan fingerprint density at radius 3 is 2.14 bits per heavy atom. The van der Waals surface area contributed by atoms with E-state index in [1.165, 1.54) is 4.90 Å². The molecule has 2 aromatic rings. The number of carbonyl (C=O) groups is 2. The Morgan fingerprint density at radius 2 is 1.59 bits per heavy atom. The van der Waals surface area contributed by atoms with Crippen molar-refractivity contribution in [3.63, 3.8) is 0 Å². The van der Waals surface area contributed by atoms with Crippen molar-refractivity contribution in [2.75, 3.05) is 57.0 Å². The molecule has 0 atom stereocenters.